The van der Waals surface area contributed by atoms with Gasteiger partial charge in [0.05, 0.1) is 5.69 Å². The maximum atomic E-state index is 13.4. The van der Waals surface area contributed by atoms with Crippen LogP contribution < -0.4 is 10.9 Å². The van der Waals surface area contributed by atoms with Crippen LogP contribution in [-0.4, -0.2) is 5.91 Å². The Balaban J connectivity index is 1.92. The number of rotatable bonds is 3. The average molecular weight is 475 g/mol. The number of carbonyl (C=O) groups excluding carboxylic acids is 1. The van der Waals surface area contributed by atoms with Crippen LogP contribution in [0.3, 0.4) is 0 Å². The Labute approximate surface area is 189 Å². The molecule has 4 rings (SSSR count). The predicted molar refractivity (Wildman–Crippen MR) is 129 cm³/mol. The highest BCUT2D eigenvalue weighted by Crippen LogP contribution is 2.24. The number of fused-ring (bicyclic) bond motifs is 1. The zero-order valence-corrected chi connectivity index (χ0v) is 19.5. The van der Waals surface area contributed by atoms with E-state index in [1.54, 1.807) is 0 Å². The molecule has 5 heteroatoms. The zero-order valence-electron chi connectivity index (χ0n) is 17.9. The third kappa shape index (κ3) is 4.32. The summed E-state index contributed by atoms with van der Waals surface area (Å²) in [5, 5.41) is 3.88. The number of carbonyl (C=O) groups is 1. The van der Waals surface area contributed by atoms with E-state index in [0.29, 0.717) is 11.1 Å². The van der Waals surface area contributed by atoms with E-state index in [1.165, 1.54) is 0 Å². The van der Waals surface area contributed by atoms with Crippen molar-refractivity contribution in [3.63, 3.8) is 0 Å². The van der Waals surface area contributed by atoms with E-state index >= 15 is 0 Å². The van der Waals surface area contributed by atoms with Crippen LogP contribution in [0.15, 0.2) is 74.5 Å². The van der Waals surface area contributed by atoms with Gasteiger partial charge in [-0.1, -0.05) is 46.3 Å². The Bertz CT molecular complexity index is 1370. The molecule has 1 aromatic heterocycles. The number of benzene rings is 3. The molecule has 156 valence electrons. The van der Waals surface area contributed by atoms with Crippen LogP contribution in [0.1, 0.15) is 32.6 Å². The van der Waals surface area contributed by atoms with Gasteiger partial charge in [0, 0.05) is 15.5 Å². The smallest absolute Gasteiger partial charge is 0.261 e. The summed E-state index contributed by atoms with van der Waals surface area (Å²) in [6.07, 6.45) is 0. The van der Waals surface area contributed by atoms with E-state index in [4.69, 9.17) is 9.41 Å². The molecule has 0 bridgehead atoms. The van der Waals surface area contributed by atoms with Crippen molar-refractivity contribution in [1.82, 2.24) is 0 Å². The van der Waals surface area contributed by atoms with Crippen molar-refractivity contribution in [3.05, 3.63) is 98.5 Å². The lowest BCUT2D eigenvalue weighted by Crippen LogP contribution is -2.22. The van der Waals surface area contributed by atoms with Crippen molar-refractivity contribution in [2.75, 3.05) is 5.32 Å². The number of nitrogens with zero attached hydrogens (tertiary/aromatic N) is 1. The fraction of sp³-hybridized carbons (Fsp3) is 0.154. The van der Waals surface area contributed by atoms with Gasteiger partial charge in [-0.3, -0.25) is 4.79 Å². The fourth-order valence-corrected chi connectivity index (χ4v) is 3.88. The number of hydrogen-bond donors (Lipinski definition) is 1. The number of anilines is 1. The summed E-state index contributed by atoms with van der Waals surface area (Å²) in [7, 11) is 0. The molecule has 31 heavy (non-hydrogen) atoms. The van der Waals surface area contributed by atoms with Crippen LogP contribution in [0.5, 0.6) is 0 Å². The van der Waals surface area contributed by atoms with E-state index in [0.717, 1.165) is 43.5 Å². The van der Waals surface area contributed by atoms with Gasteiger partial charge in [-0.05, 0) is 80.3 Å². The molecule has 1 N–H and O–H groups in total. The zero-order chi connectivity index (χ0) is 22.1. The summed E-state index contributed by atoms with van der Waals surface area (Å²) in [4.78, 5) is 18.1. The van der Waals surface area contributed by atoms with Gasteiger partial charge >= 0.3 is 0 Å². The quantitative estimate of drug-likeness (QED) is 0.350. The Kier molecular flexibility index (Phi) is 5.79. The van der Waals surface area contributed by atoms with Crippen LogP contribution >= 0.6 is 15.9 Å². The molecule has 3 aromatic carbocycles. The molecular formula is C26H23BrN2O2. The minimum atomic E-state index is -0.257. The molecule has 0 aliphatic rings. The second-order valence-corrected chi connectivity index (χ2v) is 8.61. The van der Waals surface area contributed by atoms with Crippen LogP contribution in [0.25, 0.3) is 11.0 Å². The molecule has 0 radical (unpaired) electrons. The van der Waals surface area contributed by atoms with Gasteiger partial charge in [-0.15, -0.1) is 0 Å². The summed E-state index contributed by atoms with van der Waals surface area (Å²) < 4.78 is 7.03. The average Bonchev–Trinajstić information content (AvgIpc) is 2.73. The molecule has 1 amide bonds. The minimum Gasteiger partial charge on any atom is -0.438 e. The standard InChI is InChI=1S/C26H23BrN2O2/c1-15-7-6-10-22(18(15)4)28-26-21(14-19-13-20(27)11-12-23(19)31-26)25(30)29-24-16(2)8-5-9-17(24)3/h5-14H,1-4H3,(H,29,30). The van der Waals surface area contributed by atoms with Crippen molar-refractivity contribution in [2.24, 2.45) is 4.99 Å². The first-order valence-electron chi connectivity index (χ1n) is 10.1. The second kappa shape index (κ2) is 8.52. The van der Waals surface area contributed by atoms with Gasteiger partial charge in [0.1, 0.15) is 11.1 Å². The molecule has 1 heterocycles. The highest BCUT2D eigenvalue weighted by atomic mass is 79.9. The van der Waals surface area contributed by atoms with Gasteiger partial charge in [0.2, 0.25) is 5.55 Å². The first kappa shape index (κ1) is 21.1. The van der Waals surface area contributed by atoms with E-state index in [2.05, 4.69) is 21.2 Å². The third-order valence-corrected chi connectivity index (χ3v) is 5.96. The number of nitrogens with one attached hydrogen (secondary N) is 1. The molecule has 0 atom stereocenters. The number of amides is 1. The third-order valence-electron chi connectivity index (χ3n) is 5.47. The maximum Gasteiger partial charge on any atom is 0.261 e. The highest BCUT2D eigenvalue weighted by Gasteiger charge is 2.15. The van der Waals surface area contributed by atoms with Gasteiger partial charge in [-0.25, -0.2) is 4.99 Å². The van der Waals surface area contributed by atoms with Crippen molar-refractivity contribution in [3.8, 4) is 0 Å². The summed E-state index contributed by atoms with van der Waals surface area (Å²) in [5.41, 5.74) is 7.10. The first-order valence-corrected chi connectivity index (χ1v) is 10.8. The Morgan fingerprint density at radius 2 is 1.58 bits per heavy atom. The number of halogens is 1. The molecule has 4 nitrogen and oxygen atoms in total. The molecule has 0 spiro atoms. The van der Waals surface area contributed by atoms with Gasteiger partial charge in [-0.2, -0.15) is 0 Å². The molecule has 0 fully saturated rings. The Morgan fingerprint density at radius 3 is 2.32 bits per heavy atom. The summed E-state index contributed by atoms with van der Waals surface area (Å²) in [6.45, 7) is 8.01. The largest absolute Gasteiger partial charge is 0.438 e. The van der Waals surface area contributed by atoms with Crippen LogP contribution in [-0.2, 0) is 0 Å². The molecular weight excluding hydrogens is 452 g/mol. The monoisotopic (exact) mass is 474 g/mol. The van der Waals surface area contributed by atoms with Crippen molar-refractivity contribution in [2.45, 2.75) is 27.7 Å². The van der Waals surface area contributed by atoms with E-state index < -0.39 is 0 Å². The lowest BCUT2D eigenvalue weighted by molar-refractivity contribution is 0.102. The van der Waals surface area contributed by atoms with E-state index in [9.17, 15) is 4.79 Å². The summed E-state index contributed by atoms with van der Waals surface area (Å²) in [6, 6.07) is 19.4. The van der Waals surface area contributed by atoms with Crippen molar-refractivity contribution < 1.29 is 9.21 Å². The van der Waals surface area contributed by atoms with Crippen LogP contribution in [0, 0.1) is 27.7 Å². The lowest BCUT2D eigenvalue weighted by Gasteiger charge is -2.12. The summed E-state index contributed by atoms with van der Waals surface area (Å²) in [5.74, 6) is -0.257. The number of para-hydroxylation sites is 1. The van der Waals surface area contributed by atoms with E-state index in [1.807, 2.05) is 88.4 Å². The van der Waals surface area contributed by atoms with Gasteiger partial charge in [0.25, 0.3) is 5.91 Å². The van der Waals surface area contributed by atoms with Crippen LogP contribution in [0.4, 0.5) is 11.4 Å². The minimum absolute atomic E-state index is 0.257. The van der Waals surface area contributed by atoms with Crippen molar-refractivity contribution >= 4 is 44.2 Å². The first-order chi connectivity index (χ1) is 14.8. The molecule has 0 saturated heterocycles. The molecule has 0 saturated carbocycles. The highest BCUT2D eigenvalue weighted by molar-refractivity contribution is 9.10. The molecule has 0 aliphatic heterocycles. The van der Waals surface area contributed by atoms with Crippen molar-refractivity contribution in [1.29, 1.82) is 0 Å². The summed E-state index contributed by atoms with van der Waals surface area (Å²) >= 11 is 3.49. The molecule has 4 aromatic rings. The predicted octanol–water partition coefficient (Wildman–Crippen LogP) is 6.91. The van der Waals surface area contributed by atoms with Gasteiger partial charge in [0.15, 0.2) is 0 Å². The number of aryl methyl sites for hydroxylation is 3. The molecule has 0 aliphatic carbocycles. The van der Waals surface area contributed by atoms with Gasteiger partial charge < -0.3 is 9.73 Å². The Morgan fingerprint density at radius 1 is 0.903 bits per heavy atom. The molecule has 0 unspecified atom stereocenters. The Hall–Kier alpha value is -3.18. The fourth-order valence-electron chi connectivity index (χ4n) is 3.51. The number of hydrogen-bond acceptors (Lipinski definition) is 3. The SMILES string of the molecule is Cc1cccc(N=c2oc3ccc(Br)cc3cc2C(=O)Nc2c(C)cccc2C)c1C. The lowest BCUT2D eigenvalue weighted by atomic mass is 10.1. The maximum absolute atomic E-state index is 13.4. The van der Waals surface area contributed by atoms with Crippen LogP contribution in [0.2, 0.25) is 0 Å². The normalized spacial score (nSPS) is 11.7. The second-order valence-electron chi connectivity index (χ2n) is 7.70. The van der Waals surface area contributed by atoms with E-state index in [-0.39, 0.29) is 11.5 Å². The topological polar surface area (TPSA) is 54.6 Å².